The summed E-state index contributed by atoms with van der Waals surface area (Å²) in [5.41, 5.74) is 5.59. The van der Waals surface area contributed by atoms with E-state index in [0.717, 1.165) is 23.5 Å². The molecule has 1 heterocycles. The highest BCUT2D eigenvalue weighted by atomic mass is 32.1. The lowest BCUT2D eigenvalue weighted by Crippen LogP contribution is -2.05. The van der Waals surface area contributed by atoms with Crippen molar-refractivity contribution in [1.82, 2.24) is 0 Å². The van der Waals surface area contributed by atoms with Crippen LogP contribution >= 0.6 is 11.3 Å². The monoisotopic (exact) mass is 329 g/mol. The fourth-order valence-electron chi connectivity index (χ4n) is 1.82. The van der Waals surface area contributed by atoms with E-state index in [4.69, 9.17) is 10.5 Å². The van der Waals surface area contributed by atoms with Gasteiger partial charge in [-0.05, 0) is 30.2 Å². The molecule has 22 heavy (non-hydrogen) atoms. The average Bonchev–Trinajstić information content (AvgIpc) is 2.86. The van der Waals surface area contributed by atoms with Gasteiger partial charge in [-0.3, -0.25) is 0 Å². The molecule has 0 bridgehead atoms. The van der Waals surface area contributed by atoms with Gasteiger partial charge in [0.25, 0.3) is 0 Å². The number of esters is 1. The van der Waals surface area contributed by atoms with Crippen molar-refractivity contribution in [2.75, 3.05) is 12.3 Å². The van der Waals surface area contributed by atoms with Gasteiger partial charge >= 0.3 is 12.1 Å². The van der Waals surface area contributed by atoms with Crippen molar-refractivity contribution in [3.8, 4) is 10.4 Å². The third-order valence-electron chi connectivity index (χ3n) is 2.86. The van der Waals surface area contributed by atoms with Crippen LogP contribution in [-0.2, 0) is 10.9 Å². The second kappa shape index (κ2) is 6.39. The number of carbonyl (C=O) groups is 1. The number of nitrogen functional groups attached to an aromatic ring is 1. The molecular formula is C15H14F3NO2S. The van der Waals surface area contributed by atoms with Crippen molar-refractivity contribution >= 4 is 23.0 Å². The third-order valence-corrected chi connectivity index (χ3v) is 4.04. The van der Waals surface area contributed by atoms with Crippen molar-refractivity contribution < 1.29 is 22.7 Å². The Morgan fingerprint density at radius 3 is 2.68 bits per heavy atom. The summed E-state index contributed by atoms with van der Waals surface area (Å²) < 4.78 is 43.2. The number of halogens is 3. The molecule has 2 N–H and O–H groups in total. The number of benzene rings is 1. The van der Waals surface area contributed by atoms with Gasteiger partial charge < -0.3 is 10.5 Å². The van der Waals surface area contributed by atoms with Crippen LogP contribution in [-0.4, -0.2) is 12.6 Å². The van der Waals surface area contributed by atoms with Crippen molar-refractivity contribution in [3.63, 3.8) is 0 Å². The van der Waals surface area contributed by atoms with Crippen LogP contribution in [0.2, 0.25) is 0 Å². The number of nitrogens with two attached hydrogens (primary N) is 1. The molecule has 1 aromatic carbocycles. The standard InChI is InChI=1S/C15H14F3NO2S/c1-2-6-21-14(20)13-11(19)8-12(22-13)9-4-3-5-10(7-9)15(16,17)18/h3-5,7-8H,2,6,19H2,1H3. The van der Waals surface area contributed by atoms with Gasteiger partial charge in [-0.25, -0.2) is 4.79 Å². The molecule has 0 amide bonds. The molecule has 3 nitrogen and oxygen atoms in total. The van der Waals surface area contributed by atoms with Crippen molar-refractivity contribution in [3.05, 3.63) is 40.8 Å². The lowest BCUT2D eigenvalue weighted by Gasteiger charge is -2.07. The Labute approximate surface area is 129 Å². The van der Waals surface area contributed by atoms with Crippen LogP contribution in [0.1, 0.15) is 28.6 Å². The van der Waals surface area contributed by atoms with E-state index in [2.05, 4.69) is 0 Å². The zero-order chi connectivity index (χ0) is 16.3. The van der Waals surface area contributed by atoms with E-state index in [-0.39, 0.29) is 17.2 Å². The summed E-state index contributed by atoms with van der Waals surface area (Å²) in [6.45, 7) is 2.13. The van der Waals surface area contributed by atoms with Gasteiger partial charge in [0.2, 0.25) is 0 Å². The maximum absolute atomic E-state index is 12.7. The van der Waals surface area contributed by atoms with E-state index >= 15 is 0 Å². The number of thiophene rings is 1. The Kier molecular flexibility index (Phi) is 4.75. The molecule has 0 saturated heterocycles. The van der Waals surface area contributed by atoms with Gasteiger partial charge in [-0.2, -0.15) is 13.2 Å². The molecule has 0 atom stereocenters. The number of anilines is 1. The number of carbonyl (C=O) groups excluding carboxylic acids is 1. The lowest BCUT2D eigenvalue weighted by molar-refractivity contribution is -0.137. The summed E-state index contributed by atoms with van der Waals surface area (Å²) in [6.07, 6.45) is -3.74. The molecule has 0 fully saturated rings. The van der Waals surface area contributed by atoms with Gasteiger partial charge in [0.15, 0.2) is 0 Å². The molecule has 1 aromatic heterocycles. The van der Waals surface area contributed by atoms with E-state index in [0.29, 0.717) is 16.9 Å². The summed E-state index contributed by atoms with van der Waals surface area (Å²) >= 11 is 1.02. The Morgan fingerprint density at radius 2 is 2.05 bits per heavy atom. The molecule has 0 unspecified atom stereocenters. The zero-order valence-electron chi connectivity index (χ0n) is 11.7. The smallest absolute Gasteiger partial charge is 0.416 e. The van der Waals surface area contributed by atoms with E-state index in [1.54, 1.807) is 6.07 Å². The second-order valence-corrected chi connectivity index (χ2v) is 5.66. The highest BCUT2D eigenvalue weighted by Crippen LogP contribution is 2.37. The van der Waals surface area contributed by atoms with E-state index < -0.39 is 17.7 Å². The van der Waals surface area contributed by atoms with Crippen LogP contribution in [0.4, 0.5) is 18.9 Å². The van der Waals surface area contributed by atoms with Crippen molar-refractivity contribution in [1.29, 1.82) is 0 Å². The maximum atomic E-state index is 12.7. The van der Waals surface area contributed by atoms with Crippen LogP contribution in [0.25, 0.3) is 10.4 Å². The quantitative estimate of drug-likeness (QED) is 0.835. The Hall–Kier alpha value is -2.02. The van der Waals surface area contributed by atoms with E-state index in [1.807, 2.05) is 6.92 Å². The molecule has 0 saturated carbocycles. The van der Waals surface area contributed by atoms with Crippen LogP contribution < -0.4 is 5.73 Å². The van der Waals surface area contributed by atoms with E-state index in [9.17, 15) is 18.0 Å². The highest BCUT2D eigenvalue weighted by Gasteiger charge is 2.30. The van der Waals surface area contributed by atoms with Gasteiger partial charge in [0.05, 0.1) is 17.9 Å². The molecule has 7 heteroatoms. The first-order valence-electron chi connectivity index (χ1n) is 6.57. The summed E-state index contributed by atoms with van der Waals surface area (Å²) in [4.78, 5) is 12.5. The Morgan fingerprint density at radius 1 is 1.32 bits per heavy atom. The summed E-state index contributed by atoms with van der Waals surface area (Å²) in [5, 5.41) is 0. The molecular weight excluding hydrogens is 315 g/mol. The fraction of sp³-hybridized carbons (Fsp3) is 0.267. The number of hydrogen-bond donors (Lipinski definition) is 1. The Bertz CT molecular complexity index is 680. The minimum Gasteiger partial charge on any atom is -0.461 e. The van der Waals surface area contributed by atoms with Gasteiger partial charge in [0, 0.05) is 4.88 Å². The minimum atomic E-state index is -4.41. The normalized spacial score (nSPS) is 11.5. The van der Waals surface area contributed by atoms with E-state index in [1.165, 1.54) is 12.1 Å². The SMILES string of the molecule is CCCOC(=O)c1sc(-c2cccc(C(F)(F)F)c2)cc1N. The molecule has 2 rings (SSSR count). The second-order valence-electron chi connectivity index (χ2n) is 4.61. The lowest BCUT2D eigenvalue weighted by atomic mass is 10.1. The molecule has 0 radical (unpaired) electrons. The first-order valence-corrected chi connectivity index (χ1v) is 7.38. The predicted molar refractivity (Wildman–Crippen MR) is 79.7 cm³/mol. The molecule has 0 aliphatic carbocycles. The highest BCUT2D eigenvalue weighted by molar-refractivity contribution is 7.18. The third kappa shape index (κ3) is 3.59. The van der Waals surface area contributed by atoms with Crippen molar-refractivity contribution in [2.24, 2.45) is 0 Å². The first kappa shape index (κ1) is 16.4. The summed E-state index contributed by atoms with van der Waals surface area (Å²) in [7, 11) is 0. The molecule has 118 valence electrons. The van der Waals surface area contributed by atoms with Gasteiger partial charge in [-0.1, -0.05) is 19.1 Å². The maximum Gasteiger partial charge on any atom is 0.416 e. The van der Waals surface area contributed by atoms with Gasteiger partial charge in [0.1, 0.15) is 4.88 Å². The Balaban J connectivity index is 2.33. The van der Waals surface area contributed by atoms with Crippen LogP contribution in [0, 0.1) is 0 Å². The van der Waals surface area contributed by atoms with Crippen LogP contribution in [0.15, 0.2) is 30.3 Å². The summed E-state index contributed by atoms with van der Waals surface area (Å²) in [5.74, 6) is -0.553. The largest absolute Gasteiger partial charge is 0.461 e. The topological polar surface area (TPSA) is 52.3 Å². The first-order chi connectivity index (χ1) is 10.3. The number of alkyl halides is 3. The fourth-order valence-corrected chi connectivity index (χ4v) is 2.79. The van der Waals surface area contributed by atoms with Crippen molar-refractivity contribution in [2.45, 2.75) is 19.5 Å². The average molecular weight is 329 g/mol. The molecule has 0 aliphatic heterocycles. The molecule has 2 aromatic rings. The zero-order valence-corrected chi connectivity index (χ0v) is 12.6. The molecule has 0 spiro atoms. The van der Waals surface area contributed by atoms with Crippen LogP contribution in [0.3, 0.4) is 0 Å². The van der Waals surface area contributed by atoms with Crippen LogP contribution in [0.5, 0.6) is 0 Å². The number of ether oxygens (including phenoxy) is 1. The number of hydrogen-bond acceptors (Lipinski definition) is 4. The predicted octanol–water partition coefficient (Wildman–Crippen LogP) is 4.58. The minimum absolute atomic E-state index is 0.207. The summed E-state index contributed by atoms with van der Waals surface area (Å²) in [6, 6.07) is 6.39. The molecule has 0 aliphatic rings. The van der Waals surface area contributed by atoms with Gasteiger partial charge in [-0.15, -0.1) is 11.3 Å². The number of rotatable bonds is 4.